The Kier molecular flexibility index (Phi) is 5.18. The number of anilines is 1. The summed E-state index contributed by atoms with van der Waals surface area (Å²) in [6, 6.07) is 15.0. The quantitative estimate of drug-likeness (QED) is 0.366. The second-order valence-corrected chi connectivity index (χ2v) is 6.73. The predicted octanol–water partition coefficient (Wildman–Crippen LogP) is 6.44. The Bertz CT molecular complexity index is 1250. The van der Waals surface area contributed by atoms with Crippen LogP contribution in [0.5, 0.6) is 0 Å². The number of nitrogens with zero attached hydrogens (tertiary/aromatic N) is 1. The molecule has 31 heavy (non-hydrogen) atoms. The number of hydrogen-bond donors (Lipinski definition) is 2. The molecule has 0 aliphatic carbocycles. The zero-order valence-corrected chi connectivity index (χ0v) is 15.7. The molecule has 9 heteroatoms. The third-order valence-corrected chi connectivity index (χ3v) is 4.67. The van der Waals surface area contributed by atoms with Crippen molar-refractivity contribution in [2.24, 2.45) is 0 Å². The van der Waals surface area contributed by atoms with Crippen LogP contribution in [0.15, 0.2) is 66.7 Å². The van der Waals surface area contributed by atoms with Gasteiger partial charge in [0.05, 0.1) is 16.6 Å². The number of benzene rings is 3. The summed E-state index contributed by atoms with van der Waals surface area (Å²) in [5, 5.41) is 2.55. The van der Waals surface area contributed by atoms with Gasteiger partial charge in [0.1, 0.15) is 5.82 Å². The molecule has 4 rings (SSSR count). The van der Waals surface area contributed by atoms with E-state index in [1.807, 2.05) is 0 Å². The number of halogens is 5. The van der Waals surface area contributed by atoms with E-state index in [2.05, 4.69) is 15.3 Å². The molecule has 4 nitrogen and oxygen atoms in total. The molecule has 0 fully saturated rings. The highest BCUT2D eigenvalue weighted by Gasteiger charge is 2.30. The lowest BCUT2D eigenvalue weighted by atomic mass is 10.1. The molecule has 0 radical (unpaired) electrons. The average Bonchev–Trinajstić information content (AvgIpc) is 3.17. The monoisotopic (exact) mass is 431 g/mol. The second kappa shape index (κ2) is 7.82. The van der Waals surface area contributed by atoms with E-state index in [0.717, 1.165) is 12.1 Å². The van der Waals surface area contributed by atoms with E-state index in [9.17, 15) is 26.7 Å². The number of aromatic amines is 1. The Morgan fingerprint density at radius 1 is 0.968 bits per heavy atom. The van der Waals surface area contributed by atoms with Crippen molar-refractivity contribution in [3.63, 3.8) is 0 Å². The van der Waals surface area contributed by atoms with Gasteiger partial charge in [0.2, 0.25) is 0 Å². The van der Waals surface area contributed by atoms with Crippen molar-refractivity contribution in [2.45, 2.75) is 12.6 Å². The smallest absolute Gasteiger partial charge is 0.338 e. The van der Waals surface area contributed by atoms with Crippen LogP contribution in [0.2, 0.25) is 0 Å². The lowest BCUT2D eigenvalue weighted by molar-refractivity contribution is -0.137. The highest BCUT2D eigenvalue weighted by Crippen LogP contribution is 2.32. The Morgan fingerprint density at radius 3 is 2.35 bits per heavy atom. The Balaban J connectivity index is 1.55. The summed E-state index contributed by atoms with van der Waals surface area (Å²) < 4.78 is 64.8. The maximum atomic E-state index is 13.1. The molecule has 0 aliphatic rings. The Hall–Kier alpha value is -3.75. The summed E-state index contributed by atoms with van der Waals surface area (Å²) in [5.41, 5.74) is 0.299. The third-order valence-electron chi connectivity index (χ3n) is 4.67. The molecular formula is C22H14F5N3O. The lowest BCUT2D eigenvalue weighted by Crippen LogP contribution is -2.14. The zero-order valence-electron chi connectivity index (χ0n) is 15.7. The molecule has 0 saturated heterocycles. The van der Waals surface area contributed by atoms with E-state index in [1.165, 1.54) is 30.3 Å². The molecule has 0 unspecified atom stereocenters. The van der Waals surface area contributed by atoms with Crippen molar-refractivity contribution in [3.8, 4) is 11.4 Å². The van der Waals surface area contributed by atoms with Gasteiger partial charge in [0.25, 0.3) is 12.3 Å². The topological polar surface area (TPSA) is 57.8 Å². The molecule has 0 saturated carbocycles. The molecule has 4 aromatic rings. The molecule has 0 spiro atoms. The Labute approximate surface area is 172 Å². The number of carbonyl (C=O) groups excluding carboxylic acids is 1. The first-order chi connectivity index (χ1) is 14.7. The zero-order chi connectivity index (χ0) is 22.2. The van der Waals surface area contributed by atoms with Gasteiger partial charge in [-0.2, -0.15) is 13.2 Å². The number of nitrogens with one attached hydrogen (secondary N) is 2. The molecule has 3 aromatic carbocycles. The van der Waals surface area contributed by atoms with Crippen LogP contribution in [-0.2, 0) is 6.18 Å². The number of H-pyrrole nitrogens is 1. The van der Waals surface area contributed by atoms with E-state index in [4.69, 9.17) is 0 Å². The first-order valence-electron chi connectivity index (χ1n) is 9.08. The highest BCUT2D eigenvalue weighted by atomic mass is 19.4. The molecule has 0 aliphatic heterocycles. The summed E-state index contributed by atoms with van der Waals surface area (Å²) in [5.74, 6) is -0.317. The lowest BCUT2D eigenvalue weighted by Gasteiger charge is -2.10. The van der Waals surface area contributed by atoms with Gasteiger partial charge < -0.3 is 10.3 Å². The maximum Gasteiger partial charge on any atom is 0.416 e. The van der Waals surface area contributed by atoms with E-state index in [0.29, 0.717) is 22.6 Å². The predicted molar refractivity (Wildman–Crippen MR) is 106 cm³/mol. The number of carbonyl (C=O) groups is 1. The summed E-state index contributed by atoms with van der Waals surface area (Å²) >= 11 is 0. The minimum Gasteiger partial charge on any atom is -0.338 e. The van der Waals surface area contributed by atoms with E-state index >= 15 is 0 Å². The average molecular weight is 431 g/mol. The van der Waals surface area contributed by atoms with Crippen molar-refractivity contribution >= 4 is 22.6 Å². The van der Waals surface area contributed by atoms with Crippen molar-refractivity contribution in [1.29, 1.82) is 0 Å². The maximum absolute atomic E-state index is 13.1. The normalized spacial score (nSPS) is 11.8. The summed E-state index contributed by atoms with van der Waals surface area (Å²) in [7, 11) is 0. The molecule has 1 aromatic heterocycles. The van der Waals surface area contributed by atoms with Crippen LogP contribution < -0.4 is 5.32 Å². The molecule has 2 N–H and O–H groups in total. The van der Waals surface area contributed by atoms with Crippen molar-refractivity contribution in [2.75, 3.05) is 5.32 Å². The molecule has 1 amide bonds. The van der Waals surface area contributed by atoms with E-state index in [-0.39, 0.29) is 16.6 Å². The van der Waals surface area contributed by atoms with Gasteiger partial charge in [-0.05, 0) is 48.5 Å². The SMILES string of the molecule is O=C(Nc1ccc(-c2nc3ccc(C(F)(F)F)cc3[nH]2)cc1)c1ccccc1C(F)F. The molecular weight excluding hydrogens is 417 g/mol. The summed E-state index contributed by atoms with van der Waals surface area (Å²) in [4.78, 5) is 19.5. The minimum absolute atomic E-state index is 0.126. The second-order valence-electron chi connectivity index (χ2n) is 6.73. The number of fused-ring (bicyclic) bond motifs is 1. The first-order valence-corrected chi connectivity index (χ1v) is 9.08. The minimum atomic E-state index is -4.46. The van der Waals surface area contributed by atoms with Crippen LogP contribution in [0.3, 0.4) is 0 Å². The van der Waals surface area contributed by atoms with Gasteiger partial charge >= 0.3 is 6.18 Å². The molecule has 158 valence electrons. The van der Waals surface area contributed by atoms with Crippen molar-refractivity contribution < 1.29 is 26.7 Å². The third kappa shape index (κ3) is 4.25. The molecule has 0 bridgehead atoms. The van der Waals surface area contributed by atoms with Crippen LogP contribution >= 0.6 is 0 Å². The fraction of sp³-hybridized carbons (Fsp3) is 0.0909. The van der Waals surface area contributed by atoms with Gasteiger partial charge in [-0.15, -0.1) is 0 Å². The number of aromatic nitrogens is 2. The van der Waals surface area contributed by atoms with E-state index in [1.54, 1.807) is 24.3 Å². The largest absolute Gasteiger partial charge is 0.416 e. The Morgan fingerprint density at radius 2 is 1.68 bits per heavy atom. The van der Waals surface area contributed by atoms with Crippen LogP contribution in [-0.4, -0.2) is 15.9 Å². The van der Waals surface area contributed by atoms with Crippen LogP contribution in [0, 0.1) is 0 Å². The van der Waals surface area contributed by atoms with Gasteiger partial charge in [0.15, 0.2) is 0 Å². The van der Waals surface area contributed by atoms with Gasteiger partial charge in [-0.1, -0.05) is 18.2 Å². The molecule has 1 heterocycles. The first kappa shape index (κ1) is 20.5. The standard InChI is InChI=1S/C22H14F5N3O/c23-19(24)15-3-1-2-4-16(15)21(31)28-14-8-5-12(6-9-14)20-29-17-10-7-13(22(25,26)27)11-18(17)30-20/h1-11,19H,(H,28,31)(H,29,30). The number of rotatable bonds is 4. The number of amides is 1. The number of alkyl halides is 5. The van der Waals surface area contributed by atoms with Crippen LogP contribution in [0.4, 0.5) is 27.6 Å². The van der Waals surface area contributed by atoms with Gasteiger partial charge in [0, 0.05) is 22.4 Å². The fourth-order valence-electron chi connectivity index (χ4n) is 3.13. The summed E-state index contributed by atoms with van der Waals surface area (Å²) in [6.07, 6.45) is -7.24. The van der Waals surface area contributed by atoms with Gasteiger partial charge in [-0.3, -0.25) is 4.79 Å². The highest BCUT2D eigenvalue weighted by molar-refractivity contribution is 6.05. The van der Waals surface area contributed by atoms with E-state index < -0.39 is 24.1 Å². The molecule has 0 atom stereocenters. The summed E-state index contributed by atoms with van der Waals surface area (Å²) in [6.45, 7) is 0. The van der Waals surface area contributed by atoms with Crippen molar-refractivity contribution in [3.05, 3.63) is 83.4 Å². The van der Waals surface area contributed by atoms with Crippen molar-refractivity contribution in [1.82, 2.24) is 9.97 Å². The number of hydrogen-bond acceptors (Lipinski definition) is 2. The van der Waals surface area contributed by atoms with Gasteiger partial charge in [-0.25, -0.2) is 13.8 Å². The van der Waals surface area contributed by atoms with Crippen LogP contribution in [0.1, 0.15) is 27.9 Å². The van der Waals surface area contributed by atoms with Crippen LogP contribution in [0.25, 0.3) is 22.4 Å². The fourth-order valence-corrected chi connectivity index (χ4v) is 3.13. The number of imidazole rings is 1.